The molecule has 1 aromatic carbocycles. The molecule has 90 valence electrons. The molecule has 0 spiro atoms. The van der Waals surface area contributed by atoms with Gasteiger partial charge >= 0.3 is 12.6 Å². The molecule has 0 aromatic heterocycles. The predicted octanol–water partition coefficient (Wildman–Crippen LogP) is 3.11. The van der Waals surface area contributed by atoms with Crippen molar-refractivity contribution in [3.63, 3.8) is 0 Å². The Bertz CT molecular complexity index is 356. The van der Waals surface area contributed by atoms with E-state index < -0.39 is 23.2 Å². The van der Waals surface area contributed by atoms with Crippen molar-refractivity contribution in [1.29, 1.82) is 0 Å². The Morgan fingerprint density at radius 1 is 0.938 bits per heavy atom. The predicted molar refractivity (Wildman–Crippen MR) is 45.4 cm³/mol. The largest absolute Gasteiger partial charge is 0.491 e. The summed E-state index contributed by atoms with van der Waals surface area (Å²) in [7, 11) is 0. The van der Waals surface area contributed by atoms with Crippen LogP contribution >= 0.6 is 0 Å². The van der Waals surface area contributed by atoms with Crippen LogP contribution < -0.4 is 10.6 Å². The second-order valence-electron chi connectivity index (χ2n) is 2.87. The summed E-state index contributed by atoms with van der Waals surface area (Å²) in [5.41, 5.74) is 3.87. The number of rotatable bonds is 1. The Morgan fingerprint density at radius 3 is 1.81 bits per heavy atom. The molecule has 0 radical (unpaired) electrons. The summed E-state index contributed by atoms with van der Waals surface area (Å²) in [6, 6.07) is 3.47. The van der Waals surface area contributed by atoms with E-state index in [0.29, 0.717) is 12.1 Å². The molecule has 0 heterocycles. The first-order valence-electron chi connectivity index (χ1n) is 3.91. The SMILES string of the molecule is Nc1cccc(N(C(F)(F)F)C(F)(F)F)c1. The normalized spacial score (nSPS) is 12.6. The highest BCUT2D eigenvalue weighted by Gasteiger charge is 2.53. The van der Waals surface area contributed by atoms with Gasteiger partial charge in [0.25, 0.3) is 0 Å². The number of hydrogen-bond donors (Lipinski definition) is 1. The molecule has 0 aliphatic heterocycles. The van der Waals surface area contributed by atoms with Gasteiger partial charge in [-0.3, -0.25) is 0 Å². The fraction of sp³-hybridized carbons (Fsp3) is 0.250. The molecule has 16 heavy (non-hydrogen) atoms. The van der Waals surface area contributed by atoms with E-state index in [2.05, 4.69) is 0 Å². The summed E-state index contributed by atoms with van der Waals surface area (Å²) in [6.45, 7) is 0. The summed E-state index contributed by atoms with van der Waals surface area (Å²) >= 11 is 0. The van der Waals surface area contributed by atoms with Crippen molar-refractivity contribution < 1.29 is 26.3 Å². The number of hydrogen-bond acceptors (Lipinski definition) is 2. The van der Waals surface area contributed by atoms with E-state index in [0.717, 1.165) is 6.07 Å². The lowest BCUT2D eigenvalue weighted by atomic mass is 10.2. The number of nitrogens with two attached hydrogens (primary N) is 1. The molecular weight excluding hydrogens is 238 g/mol. The van der Waals surface area contributed by atoms with Crippen molar-refractivity contribution >= 4 is 11.4 Å². The fourth-order valence-corrected chi connectivity index (χ4v) is 1.10. The van der Waals surface area contributed by atoms with Crippen molar-refractivity contribution in [3.05, 3.63) is 24.3 Å². The van der Waals surface area contributed by atoms with E-state index in [1.54, 1.807) is 0 Å². The quantitative estimate of drug-likeness (QED) is 0.467. The third-order valence-corrected chi connectivity index (χ3v) is 1.64. The summed E-state index contributed by atoms with van der Waals surface area (Å²) in [4.78, 5) is -1.60. The molecule has 0 saturated heterocycles. The molecule has 0 saturated carbocycles. The van der Waals surface area contributed by atoms with E-state index in [1.165, 1.54) is 6.07 Å². The zero-order valence-corrected chi connectivity index (χ0v) is 7.60. The van der Waals surface area contributed by atoms with E-state index in [1.807, 2.05) is 0 Å². The van der Waals surface area contributed by atoms with Gasteiger partial charge < -0.3 is 5.73 Å². The van der Waals surface area contributed by atoms with Crippen molar-refractivity contribution in [3.8, 4) is 0 Å². The Kier molecular flexibility index (Phi) is 2.93. The second-order valence-corrected chi connectivity index (χ2v) is 2.87. The van der Waals surface area contributed by atoms with Crippen LogP contribution in [0, 0.1) is 0 Å². The van der Waals surface area contributed by atoms with Crippen LogP contribution in [0.3, 0.4) is 0 Å². The zero-order valence-electron chi connectivity index (χ0n) is 7.60. The molecule has 0 amide bonds. The molecule has 0 aliphatic carbocycles. The number of alkyl halides is 6. The van der Waals surface area contributed by atoms with Gasteiger partial charge in [0.15, 0.2) is 0 Å². The van der Waals surface area contributed by atoms with Gasteiger partial charge in [-0.2, -0.15) is 4.90 Å². The van der Waals surface area contributed by atoms with Crippen LogP contribution in [0.15, 0.2) is 24.3 Å². The lowest BCUT2D eigenvalue weighted by Gasteiger charge is -2.28. The van der Waals surface area contributed by atoms with E-state index in [9.17, 15) is 26.3 Å². The zero-order chi connectivity index (χ0) is 12.6. The third-order valence-electron chi connectivity index (χ3n) is 1.64. The lowest BCUT2D eigenvalue weighted by molar-refractivity contribution is -0.226. The van der Waals surface area contributed by atoms with Crippen LogP contribution in [0.4, 0.5) is 37.7 Å². The van der Waals surface area contributed by atoms with Crippen LogP contribution in [-0.2, 0) is 0 Å². The summed E-state index contributed by atoms with van der Waals surface area (Å²) in [5, 5.41) is 0. The second kappa shape index (κ2) is 3.76. The van der Waals surface area contributed by atoms with Crippen LogP contribution in [-0.4, -0.2) is 12.6 Å². The minimum Gasteiger partial charge on any atom is -0.399 e. The van der Waals surface area contributed by atoms with Gasteiger partial charge in [-0.05, 0) is 18.2 Å². The van der Waals surface area contributed by atoms with E-state index in [4.69, 9.17) is 5.73 Å². The van der Waals surface area contributed by atoms with Gasteiger partial charge in [0.2, 0.25) is 0 Å². The number of nitrogens with zero attached hydrogens (tertiary/aromatic N) is 1. The molecule has 0 fully saturated rings. The van der Waals surface area contributed by atoms with Crippen molar-refractivity contribution in [2.45, 2.75) is 12.6 Å². The number of halogens is 6. The Morgan fingerprint density at radius 2 is 1.44 bits per heavy atom. The summed E-state index contributed by atoms with van der Waals surface area (Å²) < 4.78 is 73.2. The van der Waals surface area contributed by atoms with Crippen LogP contribution in [0.1, 0.15) is 0 Å². The van der Waals surface area contributed by atoms with Gasteiger partial charge in [-0.15, -0.1) is 26.3 Å². The summed E-state index contributed by atoms with van der Waals surface area (Å²) in [6.07, 6.45) is -11.1. The lowest BCUT2D eigenvalue weighted by Crippen LogP contribution is -2.48. The first-order chi connectivity index (χ1) is 7.12. The maximum Gasteiger partial charge on any atom is 0.491 e. The minimum absolute atomic E-state index is 0.184. The monoisotopic (exact) mass is 244 g/mol. The molecule has 0 aliphatic rings. The van der Waals surface area contributed by atoms with Gasteiger partial charge in [-0.25, -0.2) is 0 Å². The van der Waals surface area contributed by atoms with Crippen LogP contribution in [0.2, 0.25) is 0 Å². The molecule has 8 heteroatoms. The smallest absolute Gasteiger partial charge is 0.399 e. The number of anilines is 2. The topological polar surface area (TPSA) is 29.3 Å². The first-order valence-corrected chi connectivity index (χ1v) is 3.91. The van der Waals surface area contributed by atoms with Crippen molar-refractivity contribution in [2.24, 2.45) is 0 Å². The van der Waals surface area contributed by atoms with Gasteiger partial charge in [-0.1, -0.05) is 6.07 Å². The highest BCUT2D eigenvalue weighted by Crippen LogP contribution is 2.38. The number of benzene rings is 1. The molecule has 0 bridgehead atoms. The molecule has 0 atom stereocenters. The van der Waals surface area contributed by atoms with Crippen LogP contribution in [0.5, 0.6) is 0 Å². The molecule has 1 rings (SSSR count). The van der Waals surface area contributed by atoms with Gasteiger partial charge in [0.05, 0.1) is 5.69 Å². The Balaban J connectivity index is 3.23. The third kappa shape index (κ3) is 2.71. The van der Waals surface area contributed by atoms with Crippen LogP contribution in [0.25, 0.3) is 0 Å². The van der Waals surface area contributed by atoms with Crippen molar-refractivity contribution in [2.75, 3.05) is 10.6 Å². The molecule has 2 N–H and O–H groups in total. The average molecular weight is 244 g/mol. The maximum absolute atomic E-state index is 12.2. The molecule has 0 unspecified atom stereocenters. The highest BCUT2D eigenvalue weighted by molar-refractivity contribution is 5.56. The number of nitrogen functional groups attached to an aromatic ring is 1. The van der Waals surface area contributed by atoms with E-state index in [-0.39, 0.29) is 5.69 Å². The highest BCUT2D eigenvalue weighted by atomic mass is 19.4. The molecular formula is C8H6F6N2. The fourth-order valence-electron chi connectivity index (χ4n) is 1.10. The molecule has 1 aromatic rings. The standard InChI is InChI=1S/C8H6F6N2/c9-7(10,11)16(8(12,13)14)6-3-1-2-5(15)4-6/h1-4H,15H2. The average Bonchev–Trinajstić information content (AvgIpc) is 1.97. The Labute approximate surface area is 86.3 Å². The first kappa shape index (κ1) is 12.5. The minimum atomic E-state index is -5.55. The molecule has 2 nitrogen and oxygen atoms in total. The van der Waals surface area contributed by atoms with Gasteiger partial charge in [0.1, 0.15) is 0 Å². The van der Waals surface area contributed by atoms with Crippen molar-refractivity contribution in [1.82, 2.24) is 0 Å². The maximum atomic E-state index is 12.2. The van der Waals surface area contributed by atoms with E-state index >= 15 is 0 Å². The van der Waals surface area contributed by atoms with Gasteiger partial charge in [0, 0.05) is 5.69 Å². The Hall–Kier alpha value is -1.60. The summed E-state index contributed by atoms with van der Waals surface area (Å²) in [5.74, 6) is 0.